The Bertz CT molecular complexity index is 486. The molecule has 1 atom stereocenters. The molecule has 1 N–H and O–H groups in total. The fourth-order valence-corrected chi connectivity index (χ4v) is 3.30. The Balaban J connectivity index is 2.23. The lowest BCUT2D eigenvalue weighted by Gasteiger charge is -2.34. The van der Waals surface area contributed by atoms with Crippen LogP contribution in [0.1, 0.15) is 37.3 Å². The second-order valence-corrected chi connectivity index (χ2v) is 6.46. The number of nitrogens with one attached hydrogen (secondary N) is 1. The van der Waals surface area contributed by atoms with E-state index in [1.165, 1.54) is 0 Å². The largest absolute Gasteiger partial charge is 0.313 e. The third-order valence-electron chi connectivity index (χ3n) is 3.94. The molecule has 1 nitrogen and oxygen atoms in total. The Morgan fingerprint density at radius 2 is 1.95 bits per heavy atom. The van der Waals surface area contributed by atoms with Crippen molar-refractivity contribution in [1.82, 2.24) is 5.32 Å². The van der Waals surface area contributed by atoms with Gasteiger partial charge in [-0.05, 0) is 47.8 Å². The SMILES string of the molecule is CNC(c1ccc(Br)c(Cl)c1F)C1CCC(F)(F)CC1. The Morgan fingerprint density at radius 1 is 1.35 bits per heavy atom. The molecule has 1 fully saturated rings. The van der Waals surface area contributed by atoms with Gasteiger partial charge in [-0.1, -0.05) is 17.7 Å². The number of hydrogen-bond acceptors (Lipinski definition) is 1. The molecule has 1 aliphatic carbocycles. The maximum Gasteiger partial charge on any atom is 0.248 e. The monoisotopic (exact) mass is 369 g/mol. The highest BCUT2D eigenvalue weighted by Crippen LogP contribution is 2.42. The number of alkyl halides is 2. The molecule has 112 valence electrons. The highest BCUT2D eigenvalue weighted by molar-refractivity contribution is 9.10. The Labute approximate surface area is 130 Å². The minimum absolute atomic E-state index is 0.00799. The lowest BCUT2D eigenvalue weighted by Crippen LogP contribution is -2.33. The van der Waals surface area contributed by atoms with Crippen molar-refractivity contribution in [1.29, 1.82) is 0 Å². The maximum absolute atomic E-state index is 14.3. The first-order chi connectivity index (χ1) is 9.35. The molecule has 1 aromatic carbocycles. The van der Waals surface area contributed by atoms with Crippen molar-refractivity contribution < 1.29 is 13.2 Å². The average Bonchev–Trinajstić information content (AvgIpc) is 2.41. The van der Waals surface area contributed by atoms with E-state index in [1.807, 2.05) is 0 Å². The Kier molecular flexibility index (Phi) is 5.03. The zero-order valence-corrected chi connectivity index (χ0v) is 13.4. The summed E-state index contributed by atoms with van der Waals surface area (Å²) in [4.78, 5) is 0. The molecule has 1 unspecified atom stereocenters. The van der Waals surface area contributed by atoms with E-state index in [-0.39, 0.29) is 29.8 Å². The highest BCUT2D eigenvalue weighted by Gasteiger charge is 2.38. The summed E-state index contributed by atoms with van der Waals surface area (Å²) in [5.41, 5.74) is 0.441. The van der Waals surface area contributed by atoms with Gasteiger partial charge in [-0.15, -0.1) is 0 Å². The van der Waals surface area contributed by atoms with Crippen molar-refractivity contribution in [2.24, 2.45) is 5.92 Å². The first-order valence-corrected chi connectivity index (χ1v) is 7.71. The molecule has 1 saturated carbocycles. The van der Waals surface area contributed by atoms with E-state index in [2.05, 4.69) is 21.2 Å². The molecule has 0 spiro atoms. The molecule has 0 amide bonds. The van der Waals surface area contributed by atoms with E-state index in [0.717, 1.165) is 0 Å². The minimum Gasteiger partial charge on any atom is -0.313 e. The standard InChI is InChI=1S/C14H16BrClF3N/c1-20-13(8-4-6-14(18,19)7-5-8)9-2-3-10(15)11(16)12(9)17/h2-3,8,13,20H,4-7H2,1H3. The van der Waals surface area contributed by atoms with Gasteiger partial charge >= 0.3 is 0 Å². The van der Waals surface area contributed by atoms with Crippen LogP contribution in [0.4, 0.5) is 13.2 Å². The second-order valence-electron chi connectivity index (χ2n) is 5.22. The van der Waals surface area contributed by atoms with Gasteiger partial charge in [0.05, 0.1) is 5.02 Å². The number of rotatable bonds is 3. The van der Waals surface area contributed by atoms with Crippen LogP contribution in [0.2, 0.25) is 5.02 Å². The predicted molar refractivity (Wildman–Crippen MR) is 77.8 cm³/mol. The zero-order chi connectivity index (χ0) is 14.9. The summed E-state index contributed by atoms with van der Waals surface area (Å²) in [6.45, 7) is 0. The molecule has 0 radical (unpaired) electrons. The molecule has 0 bridgehead atoms. The fraction of sp³-hybridized carbons (Fsp3) is 0.571. The summed E-state index contributed by atoms with van der Waals surface area (Å²) in [5.74, 6) is -3.07. The Hall–Kier alpha value is -0.260. The van der Waals surface area contributed by atoms with E-state index in [1.54, 1.807) is 19.2 Å². The Morgan fingerprint density at radius 3 is 2.50 bits per heavy atom. The molecule has 1 aromatic rings. The first-order valence-electron chi connectivity index (χ1n) is 6.54. The van der Waals surface area contributed by atoms with Gasteiger partial charge in [0.2, 0.25) is 5.92 Å². The van der Waals surface area contributed by atoms with Crippen LogP contribution in [0.3, 0.4) is 0 Å². The molecule has 0 saturated heterocycles. The van der Waals surface area contributed by atoms with Crippen molar-refractivity contribution in [3.8, 4) is 0 Å². The van der Waals surface area contributed by atoms with Crippen LogP contribution in [-0.4, -0.2) is 13.0 Å². The summed E-state index contributed by atoms with van der Waals surface area (Å²) in [6, 6.07) is 3.04. The molecular formula is C14H16BrClF3N. The van der Waals surface area contributed by atoms with Gasteiger partial charge in [0.1, 0.15) is 5.82 Å². The summed E-state index contributed by atoms with van der Waals surface area (Å²) in [7, 11) is 1.72. The van der Waals surface area contributed by atoms with Crippen LogP contribution >= 0.6 is 27.5 Å². The number of hydrogen-bond donors (Lipinski definition) is 1. The van der Waals surface area contributed by atoms with Crippen LogP contribution in [-0.2, 0) is 0 Å². The fourth-order valence-electron chi connectivity index (χ4n) is 2.82. The summed E-state index contributed by atoms with van der Waals surface area (Å²) in [6.07, 6.45) is 0.487. The van der Waals surface area contributed by atoms with Gasteiger partial charge in [-0.2, -0.15) is 0 Å². The molecule has 0 aliphatic heterocycles. The van der Waals surface area contributed by atoms with Crippen LogP contribution in [0.25, 0.3) is 0 Å². The second kappa shape index (κ2) is 6.24. The lowest BCUT2D eigenvalue weighted by atomic mass is 9.79. The van der Waals surface area contributed by atoms with Gasteiger partial charge in [-0.25, -0.2) is 13.2 Å². The topological polar surface area (TPSA) is 12.0 Å². The normalized spacial score (nSPS) is 20.9. The molecule has 6 heteroatoms. The van der Waals surface area contributed by atoms with Crippen molar-refractivity contribution in [3.63, 3.8) is 0 Å². The zero-order valence-electron chi connectivity index (χ0n) is 11.0. The molecule has 1 aliphatic rings. The summed E-state index contributed by atoms with van der Waals surface area (Å²) in [5, 5.41) is 3.08. The van der Waals surface area contributed by atoms with Crippen LogP contribution in [0.5, 0.6) is 0 Å². The van der Waals surface area contributed by atoms with Crippen LogP contribution in [0, 0.1) is 11.7 Å². The van der Waals surface area contributed by atoms with E-state index in [9.17, 15) is 13.2 Å². The van der Waals surface area contributed by atoms with E-state index in [4.69, 9.17) is 11.6 Å². The van der Waals surface area contributed by atoms with Gasteiger partial charge in [0.25, 0.3) is 0 Å². The van der Waals surface area contributed by atoms with E-state index >= 15 is 0 Å². The van der Waals surface area contributed by atoms with E-state index < -0.39 is 11.7 Å². The summed E-state index contributed by atoms with van der Waals surface area (Å²) < 4.78 is 41.2. The first kappa shape index (κ1) is 16.1. The van der Waals surface area contributed by atoms with Crippen molar-refractivity contribution in [3.05, 3.63) is 33.0 Å². The predicted octanol–water partition coefficient (Wildman–Crippen LogP) is 5.33. The van der Waals surface area contributed by atoms with E-state index in [0.29, 0.717) is 22.9 Å². The molecule has 20 heavy (non-hydrogen) atoms. The van der Waals surface area contributed by atoms with Gasteiger partial charge in [0.15, 0.2) is 0 Å². The third-order valence-corrected chi connectivity index (χ3v) is 5.20. The molecule has 2 rings (SSSR count). The number of benzene rings is 1. The minimum atomic E-state index is -2.58. The molecule has 0 aromatic heterocycles. The lowest BCUT2D eigenvalue weighted by molar-refractivity contribution is -0.0496. The van der Waals surface area contributed by atoms with Crippen molar-refractivity contribution in [2.75, 3.05) is 7.05 Å². The van der Waals surface area contributed by atoms with Crippen molar-refractivity contribution >= 4 is 27.5 Å². The van der Waals surface area contributed by atoms with Gasteiger partial charge < -0.3 is 5.32 Å². The quantitative estimate of drug-likeness (QED) is 0.709. The smallest absolute Gasteiger partial charge is 0.248 e. The third kappa shape index (κ3) is 3.31. The summed E-state index contributed by atoms with van der Waals surface area (Å²) >= 11 is 9.07. The van der Waals surface area contributed by atoms with Gasteiger partial charge in [-0.3, -0.25) is 0 Å². The van der Waals surface area contributed by atoms with Crippen LogP contribution in [0.15, 0.2) is 16.6 Å². The highest BCUT2D eigenvalue weighted by atomic mass is 79.9. The van der Waals surface area contributed by atoms with Crippen LogP contribution < -0.4 is 5.32 Å². The number of halogens is 5. The molecule has 0 heterocycles. The van der Waals surface area contributed by atoms with Gasteiger partial charge in [0, 0.05) is 28.9 Å². The van der Waals surface area contributed by atoms with Crippen molar-refractivity contribution in [2.45, 2.75) is 37.6 Å². The maximum atomic E-state index is 14.3. The average molecular weight is 371 g/mol. The molecular weight excluding hydrogens is 355 g/mol.